The lowest BCUT2D eigenvalue weighted by Crippen LogP contribution is -2.15. The van der Waals surface area contributed by atoms with Gasteiger partial charge in [0.05, 0.1) is 0 Å². The van der Waals surface area contributed by atoms with Crippen molar-refractivity contribution >= 4 is 5.78 Å². The molecule has 2 bridgehead atoms. The van der Waals surface area contributed by atoms with Gasteiger partial charge >= 0.3 is 0 Å². The predicted molar refractivity (Wildman–Crippen MR) is 42.1 cm³/mol. The molecule has 4 atom stereocenters. The molecule has 0 radical (unpaired) electrons. The average molecular weight is 150 g/mol. The standard InChI is InChI=1S/C10H14O/c11-10-8-4-5-9(10)7-3-1-2-6(7)8/h6-9H,1-5H2. The Morgan fingerprint density at radius 2 is 1.45 bits per heavy atom. The largest absolute Gasteiger partial charge is 0.299 e. The summed E-state index contributed by atoms with van der Waals surface area (Å²) in [6.45, 7) is 0. The Morgan fingerprint density at radius 3 is 2.00 bits per heavy atom. The van der Waals surface area contributed by atoms with Crippen LogP contribution in [0.4, 0.5) is 0 Å². The van der Waals surface area contributed by atoms with Gasteiger partial charge in [0.15, 0.2) is 0 Å². The van der Waals surface area contributed by atoms with Crippen LogP contribution in [0.15, 0.2) is 0 Å². The first-order valence-electron chi connectivity index (χ1n) is 4.91. The van der Waals surface area contributed by atoms with Gasteiger partial charge in [-0.15, -0.1) is 0 Å². The van der Waals surface area contributed by atoms with Crippen LogP contribution in [0.25, 0.3) is 0 Å². The third kappa shape index (κ3) is 0.605. The minimum atomic E-state index is 0.521. The van der Waals surface area contributed by atoms with Crippen molar-refractivity contribution in [2.75, 3.05) is 0 Å². The summed E-state index contributed by atoms with van der Waals surface area (Å²) in [4.78, 5) is 11.6. The predicted octanol–water partition coefficient (Wildman–Crippen LogP) is 2.01. The van der Waals surface area contributed by atoms with E-state index < -0.39 is 0 Å². The van der Waals surface area contributed by atoms with Crippen molar-refractivity contribution in [2.24, 2.45) is 23.7 Å². The fraction of sp³-hybridized carbons (Fsp3) is 0.900. The first-order chi connectivity index (χ1) is 5.38. The Kier molecular flexibility index (Phi) is 1.06. The summed E-state index contributed by atoms with van der Waals surface area (Å²) in [5.41, 5.74) is 0. The summed E-state index contributed by atoms with van der Waals surface area (Å²) in [7, 11) is 0. The van der Waals surface area contributed by atoms with E-state index in [0.717, 1.165) is 11.8 Å². The summed E-state index contributed by atoms with van der Waals surface area (Å²) >= 11 is 0. The quantitative estimate of drug-likeness (QED) is 0.516. The molecule has 1 nitrogen and oxygen atoms in total. The molecule has 1 heteroatoms. The summed E-state index contributed by atoms with van der Waals surface area (Å²) in [5.74, 6) is 3.35. The number of hydrogen-bond donors (Lipinski definition) is 0. The molecule has 3 fully saturated rings. The Bertz CT molecular complexity index is 189. The number of hydrogen-bond acceptors (Lipinski definition) is 1. The average Bonchev–Trinajstić information content (AvgIpc) is 2.61. The second-order valence-corrected chi connectivity index (χ2v) is 4.45. The second kappa shape index (κ2) is 1.88. The van der Waals surface area contributed by atoms with Crippen molar-refractivity contribution in [2.45, 2.75) is 32.1 Å². The highest BCUT2D eigenvalue weighted by Gasteiger charge is 2.54. The zero-order valence-electron chi connectivity index (χ0n) is 6.75. The second-order valence-electron chi connectivity index (χ2n) is 4.45. The SMILES string of the molecule is O=C1C2CCC1C1CCCC21. The van der Waals surface area contributed by atoms with E-state index in [1.54, 1.807) is 0 Å². The lowest BCUT2D eigenvalue weighted by molar-refractivity contribution is -0.122. The zero-order chi connectivity index (χ0) is 7.42. The van der Waals surface area contributed by atoms with Crippen molar-refractivity contribution in [3.8, 4) is 0 Å². The molecule has 11 heavy (non-hydrogen) atoms. The van der Waals surface area contributed by atoms with Gasteiger partial charge in [0.2, 0.25) is 0 Å². The Hall–Kier alpha value is -0.330. The lowest BCUT2D eigenvalue weighted by Gasteiger charge is -2.21. The molecule has 0 aliphatic heterocycles. The summed E-state index contributed by atoms with van der Waals surface area (Å²) < 4.78 is 0. The normalized spacial score (nSPS) is 53.6. The van der Waals surface area contributed by atoms with Crippen molar-refractivity contribution in [1.29, 1.82) is 0 Å². The number of rotatable bonds is 0. The molecule has 4 unspecified atom stereocenters. The van der Waals surface area contributed by atoms with Crippen LogP contribution in [-0.2, 0) is 4.79 Å². The van der Waals surface area contributed by atoms with Crippen LogP contribution in [-0.4, -0.2) is 5.78 Å². The number of fused-ring (bicyclic) bond motifs is 5. The van der Waals surface area contributed by atoms with Gasteiger partial charge in [-0.05, 0) is 37.5 Å². The summed E-state index contributed by atoms with van der Waals surface area (Å²) in [5, 5.41) is 0. The molecule has 0 aromatic rings. The first kappa shape index (κ1) is 6.22. The molecule has 0 amide bonds. The molecule has 0 N–H and O–H groups in total. The smallest absolute Gasteiger partial charge is 0.139 e. The van der Waals surface area contributed by atoms with Gasteiger partial charge in [-0.1, -0.05) is 6.42 Å². The molecule has 0 heterocycles. The molecule has 3 aliphatic carbocycles. The van der Waals surface area contributed by atoms with Crippen LogP contribution in [0.5, 0.6) is 0 Å². The van der Waals surface area contributed by atoms with Crippen molar-refractivity contribution in [3.63, 3.8) is 0 Å². The molecule has 3 rings (SSSR count). The number of ketones is 1. The lowest BCUT2D eigenvalue weighted by atomic mass is 9.82. The van der Waals surface area contributed by atoms with E-state index in [-0.39, 0.29) is 0 Å². The van der Waals surface area contributed by atoms with E-state index in [1.807, 2.05) is 0 Å². The van der Waals surface area contributed by atoms with Gasteiger partial charge in [-0.3, -0.25) is 4.79 Å². The first-order valence-corrected chi connectivity index (χ1v) is 4.91. The Balaban J connectivity index is 1.99. The molecular formula is C10H14O. The highest BCUT2D eigenvalue weighted by molar-refractivity contribution is 5.88. The van der Waals surface area contributed by atoms with Crippen LogP contribution in [0.3, 0.4) is 0 Å². The van der Waals surface area contributed by atoms with Crippen LogP contribution >= 0.6 is 0 Å². The minimum absolute atomic E-state index is 0.521. The van der Waals surface area contributed by atoms with Crippen LogP contribution < -0.4 is 0 Å². The number of carbonyl (C=O) groups is 1. The topological polar surface area (TPSA) is 17.1 Å². The van der Waals surface area contributed by atoms with E-state index in [4.69, 9.17) is 0 Å². The Labute approximate surface area is 67.2 Å². The maximum atomic E-state index is 11.6. The molecule has 0 saturated heterocycles. The zero-order valence-corrected chi connectivity index (χ0v) is 6.75. The van der Waals surface area contributed by atoms with Crippen LogP contribution in [0, 0.1) is 23.7 Å². The maximum absolute atomic E-state index is 11.6. The third-order valence-corrected chi connectivity index (χ3v) is 4.18. The fourth-order valence-corrected chi connectivity index (χ4v) is 3.79. The van der Waals surface area contributed by atoms with E-state index >= 15 is 0 Å². The van der Waals surface area contributed by atoms with Crippen LogP contribution in [0.1, 0.15) is 32.1 Å². The van der Waals surface area contributed by atoms with Crippen LogP contribution in [0.2, 0.25) is 0 Å². The van der Waals surface area contributed by atoms with Gasteiger partial charge in [0, 0.05) is 11.8 Å². The summed E-state index contributed by atoms with van der Waals surface area (Å²) in [6, 6.07) is 0. The molecule has 3 aliphatic rings. The molecular weight excluding hydrogens is 136 g/mol. The summed E-state index contributed by atoms with van der Waals surface area (Å²) in [6.07, 6.45) is 6.57. The van der Waals surface area contributed by atoms with Gasteiger partial charge in [-0.25, -0.2) is 0 Å². The molecule has 60 valence electrons. The molecule has 0 aromatic heterocycles. The molecule has 3 saturated carbocycles. The van der Waals surface area contributed by atoms with Gasteiger partial charge in [0.25, 0.3) is 0 Å². The maximum Gasteiger partial charge on any atom is 0.139 e. The minimum Gasteiger partial charge on any atom is -0.299 e. The third-order valence-electron chi connectivity index (χ3n) is 4.18. The van der Waals surface area contributed by atoms with E-state index in [2.05, 4.69) is 0 Å². The molecule has 0 spiro atoms. The van der Waals surface area contributed by atoms with E-state index in [9.17, 15) is 4.79 Å². The van der Waals surface area contributed by atoms with E-state index in [0.29, 0.717) is 17.6 Å². The van der Waals surface area contributed by atoms with Crippen molar-refractivity contribution in [1.82, 2.24) is 0 Å². The number of carbonyl (C=O) groups excluding carboxylic acids is 1. The van der Waals surface area contributed by atoms with Gasteiger partial charge in [0.1, 0.15) is 5.78 Å². The van der Waals surface area contributed by atoms with Crippen molar-refractivity contribution in [3.05, 3.63) is 0 Å². The fourth-order valence-electron chi connectivity index (χ4n) is 3.79. The monoisotopic (exact) mass is 150 g/mol. The van der Waals surface area contributed by atoms with Gasteiger partial charge in [-0.2, -0.15) is 0 Å². The highest BCUT2D eigenvalue weighted by atomic mass is 16.1. The molecule has 0 aromatic carbocycles. The van der Waals surface area contributed by atoms with E-state index in [1.165, 1.54) is 32.1 Å². The number of Topliss-reactive ketones (excluding diaryl/α,β-unsaturated/α-hetero) is 1. The van der Waals surface area contributed by atoms with Gasteiger partial charge < -0.3 is 0 Å². The highest BCUT2D eigenvalue weighted by Crippen LogP contribution is 2.56. The van der Waals surface area contributed by atoms with Crippen molar-refractivity contribution < 1.29 is 4.79 Å². The Morgan fingerprint density at radius 1 is 0.909 bits per heavy atom.